The Morgan fingerprint density at radius 3 is 2.45 bits per heavy atom. The van der Waals surface area contributed by atoms with Crippen LogP contribution >= 0.6 is 11.6 Å². The van der Waals surface area contributed by atoms with E-state index in [0.717, 1.165) is 0 Å². The molecule has 0 amide bonds. The van der Waals surface area contributed by atoms with Crippen LogP contribution in [-0.2, 0) is 4.79 Å². The second-order valence-electron chi connectivity index (χ2n) is 4.17. The monoisotopic (exact) mass is 291 g/mol. The van der Waals surface area contributed by atoms with Crippen molar-refractivity contribution in [1.29, 1.82) is 0 Å². The number of halogens is 1. The molecule has 104 valence electrons. The van der Waals surface area contributed by atoms with Crippen molar-refractivity contribution in [3.63, 3.8) is 0 Å². The third kappa shape index (κ3) is 3.22. The van der Waals surface area contributed by atoms with Gasteiger partial charge < -0.3 is 15.2 Å². The molecule has 4 nitrogen and oxygen atoms in total. The van der Waals surface area contributed by atoms with Crippen molar-refractivity contribution >= 4 is 23.3 Å². The van der Waals surface area contributed by atoms with Crippen molar-refractivity contribution in [2.45, 2.75) is 6.04 Å². The molecule has 0 aliphatic rings. The van der Waals surface area contributed by atoms with E-state index in [1.165, 1.54) is 0 Å². The van der Waals surface area contributed by atoms with Gasteiger partial charge in [-0.25, -0.2) is 4.79 Å². The van der Waals surface area contributed by atoms with Crippen LogP contribution in [0.25, 0.3) is 0 Å². The summed E-state index contributed by atoms with van der Waals surface area (Å²) in [4.78, 5) is 11.5. The lowest BCUT2D eigenvalue weighted by Gasteiger charge is -2.18. The summed E-state index contributed by atoms with van der Waals surface area (Å²) in [6.07, 6.45) is 0. The van der Waals surface area contributed by atoms with Gasteiger partial charge in [-0.3, -0.25) is 0 Å². The number of para-hydroxylation sites is 2. The average molecular weight is 292 g/mol. The Labute approximate surface area is 122 Å². The summed E-state index contributed by atoms with van der Waals surface area (Å²) >= 11 is 5.82. The molecule has 0 bridgehead atoms. The molecule has 20 heavy (non-hydrogen) atoms. The number of hydrogen-bond acceptors (Lipinski definition) is 3. The molecule has 0 aromatic heterocycles. The summed E-state index contributed by atoms with van der Waals surface area (Å²) < 4.78 is 5.20. The topological polar surface area (TPSA) is 58.6 Å². The van der Waals surface area contributed by atoms with Gasteiger partial charge in [-0.15, -0.1) is 0 Å². The van der Waals surface area contributed by atoms with E-state index >= 15 is 0 Å². The lowest BCUT2D eigenvalue weighted by molar-refractivity contribution is -0.138. The molecule has 1 atom stereocenters. The normalized spacial score (nSPS) is 11.7. The Bertz CT molecular complexity index is 598. The zero-order valence-electron chi connectivity index (χ0n) is 10.8. The maximum absolute atomic E-state index is 11.5. The van der Waals surface area contributed by atoms with Gasteiger partial charge in [0.1, 0.15) is 5.75 Å². The first kappa shape index (κ1) is 14.2. The molecule has 0 radical (unpaired) electrons. The molecule has 0 aliphatic carbocycles. The van der Waals surface area contributed by atoms with Crippen molar-refractivity contribution in [2.24, 2.45) is 0 Å². The fourth-order valence-electron chi connectivity index (χ4n) is 1.86. The van der Waals surface area contributed by atoms with E-state index in [-0.39, 0.29) is 0 Å². The minimum Gasteiger partial charge on any atom is -0.495 e. The highest BCUT2D eigenvalue weighted by molar-refractivity contribution is 6.30. The fourth-order valence-corrected chi connectivity index (χ4v) is 1.99. The van der Waals surface area contributed by atoms with Gasteiger partial charge in [0, 0.05) is 5.02 Å². The van der Waals surface area contributed by atoms with Gasteiger partial charge in [0.15, 0.2) is 6.04 Å². The number of benzene rings is 2. The van der Waals surface area contributed by atoms with Gasteiger partial charge in [-0.2, -0.15) is 0 Å². The number of methoxy groups -OCH3 is 1. The lowest BCUT2D eigenvalue weighted by Crippen LogP contribution is -2.20. The number of carboxylic acids is 1. The van der Waals surface area contributed by atoms with E-state index in [9.17, 15) is 9.90 Å². The van der Waals surface area contributed by atoms with Crippen LogP contribution < -0.4 is 10.1 Å². The van der Waals surface area contributed by atoms with Crippen LogP contribution in [-0.4, -0.2) is 18.2 Å². The molecule has 0 fully saturated rings. The lowest BCUT2D eigenvalue weighted by atomic mass is 10.1. The molecule has 0 aliphatic heterocycles. The zero-order valence-corrected chi connectivity index (χ0v) is 11.6. The van der Waals surface area contributed by atoms with Crippen LogP contribution in [0.2, 0.25) is 5.02 Å². The molecule has 2 N–H and O–H groups in total. The van der Waals surface area contributed by atoms with Crippen LogP contribution in [0.15, 0.2) is 48.5 Å². The Hall–Kier alpha value is -2.20. The number of rotatable bonds is 5. The minimum absolute atomic E-state index is 0.565. The number of aliphatic carboxylic acids is 1. The van der Waals surface area contributed by atoms with Crippen molar-refractivity contribution in [3.05, 3.63) is 59.1 Å². The van der Waals surface area contributed by atoms with Crippen LogP contribution in [0.4, 0.5) is 5.69 Å². The van der Waals surface area contributed by atoms with Gasteiger partial charge in [-0.1, -0.05) is 35.9 Å². The van der Waals surface area contributed by atoms with E-state index < -0.39 is 12.0 Å². The summed E-state index contributed by atoms with van der Waals surface area (Å²) in [5.41, 5.74) is 1.24. The number of carboxylic acid groups (broad SMARTS) is 1. The van der Waals surface area contributed by atoms with Crippen molar-refractivity contribution in [2.75, 3.05) is 12.4 Å². The molecule has 2 aromatic carbocycles. The highest BCUT2D eigenvalue weighted by atomic mass is 35.5. The van der Waals surface area contributed by atoms with Crippen LogP contribution in [0.5, 0.6) is 5.75 Å². The van der Waals surface area contributed by atoms with Gasteiger partial charge in [-0.05, 0) is 29.8 Å². The number of ether oxygens (including phenoxy) is 1. The van der Waals surface area contributed by atoms with E-state index in [1.54, 1.807) is 43.5 Å². The summed E-state index contributed by atoms with van der Waals surface area (Å²) in [5, 5.41) is 12.9. The molecular formula is C15H14ClNO3. The van der Waals surface area contributed by atoms with Crippen molar-refractivity contribution in [1.82, 2.24) is 0 Å². The molecule has 0 saturated heterocycles. The van der Waals surface area contributed by atoms with Gasteiger partial charge in [0.25, 0.3) is 0 Å². The molecule has 2 aromatic rings. The molecule has 0 saturated carbocycles. The average Bonchev–Trinajstić information content (AvgIpc) is 2.46. The molecular weight excluding hydrogens is 278 g/mol. The van der Waals surface area contributed by atoms with Gasteiger partial charge >= 0.3 is 5.97 Å². The van der Waals surface area contributed by atoms with Gasteiger partial charge in [0.2, 0.25) is 0 Å². The minimum atomic E-state index is -0.974. The van der Waals surface area contributed by atoms with Crippen molar-refractivity contribution in [3.8, 4) is 5.75 Å². The van der Waals surface area contributed by atoms with Crippen LogP contribution in [0.3, 0.4) is 0 Å². The molecule has 0 spiro atoms. The Morgan fingerprint density at radius 1 is 1.20 bits per heavy atom. The first-order valence-corrected chi connectivity index (χ1v) is 6.37. The second kappa shape index (κ2) is 6.30. The highest BCUT2D eigenvalue weighted by Crippen LogP contribution is 2.28. The molecule has 0 unspecified atom stereocenters. The smallest absolute Gasteiger partial charge is 0.330 e. The molecule has 2 rings (SSSR count). The summed E-state index contributed by atoms with van der Waals surface area (Å²) in [5.74, 6) is -0.383. The first-order chi connectivity index (χ1) is 9.61. The quantitative estimate of drug-likeness (QED) is 0.884. The van der Waals surface area contributed by atoms with E-state index in [4.69, 9.17) is 16.3 Å². The summed E-state index contributed by atoms with van der Waals surface area (Å²) in [6, 6.07) is 13.0. The number of nitrogens with one attached hydrogen (secondary N) is 1. The summed E-state index contributed by atoms with van der Waals surface area (Å²) in [6.45, 7) is 0. The Kier molecular flexibility index (Phi) is 4.48. The Balaban J connectivity index is 2.30. The van der Waals surface area contributed by atoms with Crippen LogP contribution in [0, 0.1) is 0 Å². The third-order valence-electron chi connectivity index (χ3n) is 2.86. The van der Waals surface area contributed by atoms with E-state index in [0.29, 0.717) is 22.0 Å². The predicted molar refractivity (Wildman–Crippen MR) is 78.4 cm³/mol. The standard InChI is InChI=1S/C15H14ClNO3/c1-20-13-5-3-2-4-12(13)17-14(15(18)19)10-6-8-11(16)9-7-10/h2-9,14,17H,1H3,(H,18,19)/t14-/m0/s1. The van der Waals surface area contributed by atoms with Crippen molar-refractivity contribution < 1.29 is 14.6 Å². The highest BCUT2D eigenvalue weighted by Gasteiger charge is 2.20. The fraction of sp³-hybridized carbons (Fsp3) is 0.133. The first-order valence-electron chi connectivity index (χ1n) is 5.99. The van der Waals surface area contributed by atoms with Gasteiger partial charge in [0.05, 0.1) is 12.8 Å². The zero-order chi connectivity index (χ0) is 14.5. The molecule has 0 heterocycles. The maximum atomic E-state index is 11.5. The number of anilines is 1. The van der Waals surface area contributed by atoms with E-state index in [1.807, 2.05) is 12.1 Å². The van der Waals surface area contributed by atoms with E-state index in [2.05, 4.69) is 5.32 Å². The third-order valence-corrected chi connectivity index (χ3v) is 3.11. The SMILES string of the molecule is COc1ccccc1N[C@H](C(=O)O)c1ccc(Cl)cc1. The second-order valence-corrected chi connectivity index (χ2v) is 4.60. The number of hydrogen-bond donors (Lipinski definition) is 2. The Morgan fingerprint density at radius 2 is 1.85 bits per heavy atom. The largest absolute Gasteiger partial charge is 0.495 e. The summed E-state index contributed by atoms with van der Waals surface area (Å²) in [7, 11) is 1.54. The van der Waals surface area contributed by atoms with Crippen LogP contribution in [0.1, 0.15) is 11.6 Å². The predicted octanol–water partition coefficient (Wildman–Crippen LogP) is 3.59. The number of carbonyl (C=O) groups is 1. The molecule has 5 heteroatoms. The maximum Gasteiger partial charge on any atom is 0.330 e.